The smallest absolute Gasteiger partial charge is 0.247 e. The molecule has 0 aliphatic carbocycles. The van der Waals surface area contributed by atoms with Gasteiger partial charge in [-0.05, 0) is 43.1 Å². The van der Waals surface area contributed by atoms with Crippen molar-refractivity contribution in [3.8, 4) is 0 Å². The van der Waals surface area contributed by atoms with Crippen molar-refractivity contribution in [3.63, 3.8) is 0 Å². The van der Waals surface area contributed by atoms with E-state index < -0.39 is 0 Å². The molecule has 0 unspecified atom stereocenters. The average Bonchev–Trinajstić information content (AvgIpc) is 2.91. The van der Waals surface area contributed by atoms with Crippen molar-refractivity contribution >= 4 is 17.3 Å². The van der Waals surface area contributed by atoms with Crippen LogP contribution in [0.4, 0.5) is 11.6 Å². The standard InChI is InChI=1S/C16H19N5/c1-12(11-17)10-14-8-5-9-15-19-16(20-21(14)15)18-13-6-3-2-4-7-13/h2-9,12H,10-11,17H2,1H3,(H,18,20)/t12-/m1/s1. The number of nitrogens with one attached hydrogen (secondary N) is 1. The van der Waals surface area contributed by atoms with Gasteiger partial charge in [0.2, 0.25) is 5.95 Å². The van der Waals surface area contributed by atoms with Crippen LogP contribution in [0.25, 0.3) is 5.65 Å². The number of anilines is 2. The van der Waals surface area contributed by atoms with Crippen LogP contribution in [0.3, 0.4) is 0 Å². The molecule has 0 saturated carbocycles. The topological polar surface area (TPSA) is 68.2 Å². The van der Waals surface area contributed by atoms with E-state index >= 15 is 0 Å². The molecule has 0 spiro atoms. The molecule has 0 amide bonds. The number of nitrogens with two attached hydrogens (primary N) is 1. The highest BCUT2D eigenvalue weighted by Gasteiger charge is 2.09. The van der Waals surface area contributed by atoms with Crippen molar-refractivity contribution in [1.29, 1.82) is 0 Å². The first-order valence-electron chi connectivity index (χ1n) is 7.13. The van der Waals surface area contributed by atoms with Crippen LogP contribution in [0.1, 0.15) is 12.6 Å². The van der Waals surface area contributed by atoms with Gasteiger partial charge in [0.1, 0.15) is 0 Å². The van der Waals surface area contributed by atoms with Gasteiger partial charge in [-0.3, -0.25) is 0 Å². The van der Waals surface area contributed by atoms with Gasteiger partial charge in [0.05, 0.1) is 0 Å². The normalized spacial score (nSPS) is 12.5. The Morgan fingerprint density at radius 2 is 1.95 bits per heavy atom. The minimum Gasteiger partial charge on any atom is -0.330 e. The van der Waals surface area contributed by atoms with Gasteiger partial charge >= 0.3 is 0 Å². The first-order valence-corrected chi connectivity index (χ1v) is 7.13. The van der Waals surface area contributed by atoms with Crippen molar-refractivity contribution in [3.05, 3.63) is 54.2 Å². The van der Waals surface area contributed by atoms with Gasteiger partial charge in [-0.25, -0.2) is 4.52 Å². The lowest BCUT2D eigenvalue weighted by Crippen LogP contribution is -2.15. The zero-order chi connectivity index (χ0) is 14.7. The Bertz CT molecular complexity index is 720. The molecule has 108 valence electrons. The summed E-state index contributed by atoms with van der Waals surface area (Å²) in [5.74, 6) is 1.03. The maximum atomic E-state index is 5.71. The van der Waals surface area contributed by atoms with E-state index in [2.05, 4.69) is 28.4 Å². The lowest BCUT2D eigenvalue weighted by atomic mass is 10.1. The van der Waals surface area contributed by atoms with Crippen LogP contribution in [0.2, 0.25) is 0 Å². The van der Waals surface area contributed by atoms with Crippen LogP contribution in [0, 0.1) is 5.92 Å². The van der Waals surface area contributed by atoms with E-state index in [4.69, 9.17) is 5.73 Å². The molecule has 0 saturated heterocycles. The summed E-state index contributed by atoms with van der Waals surface area (Å²) in [5.41, 5.74) is 8.66. The van der Waals surface area contributed by atoms with Gasteiger partial charge in [0.25, 0.3) is 0 Å². The molecule has 0 radical (unpaired) electrons. The number of hydrogen-bond acceptors (Lipinski definition) is 4. The second kappa shape index (κ2) is 5.93. The number of rotatable bonds is 5. The number of nitrogens with zero attached hydrogens (tertiary/aromatic N) is 3. The summed E-state index contributed by atoms with van der Waals surface area (Å²) in [7, 11) is 0. The van der Waals surface area contributed by atoms with E-state index in [0.29, 0.717) is 18.4 Å². The minimum absolute atomic E-state index is 0.422. The molecule has 3 aromatic rings. The van der Waals surface area contributed by atoms with Gasteiger partial charge < -0.3 is 11.1 Å². The quantitative estimate of drug-likeness (QED) is 0.754. The van der Waals surface area contributed by atoms with Crippen LogP contribution in [-0.2, 0) is 6.42 Å². The zero-order valence-corrected chi connectivity index (χ0v) is 12.0. The lowest BCUT2D eigenvalue weighted by Gasteiger charge is -2.08. The largest absolute Gasteiger partial charge is 0.330 e. The van der Waals surface area contributed by atoms with Crippen LogP contribution >= 0.6 is 0 Å². The van der Waals surface area contributed by atoms with Crippen LogP contribution in [0.5, 0.6) is 0 Å². The van der Waals surface area contributed by atoms with E-state index in [1.807, 2.05) is 47.0 Å². The number of hydrogen-bond donors (Lipinski definition) is 2. The average molecular weight is 281 g/mol. The first kappa shape index (κ1) is 13.6. The molecule has 3 N–H and O–H groups in total. The zero-order valence-electron chi connectivity index (χ0n) is 12.0. The van der Waals surface area contributed by atoms with E-state index in [0.717, 1.165) is 23.4 Å². The second-order valence-electron chi connectivity index (χ2n) is 5.26. The third-order valence-electron chi connectivity index (χ3n) is 3.43. The van der Waals surface area contributed by atoms with Crippen molar-refractivity contribution < 1.29 is 0 Å². The summed E-state index contributed by atoms with van der Waals surface area (Å²) in [5, 5.41) is 7.77. The maximum absolute atomic E-state index is 5.71. The molecule has 5 heteroatoms. The summed E-state index contributed by atoms with van der Waals surface area (Å²) in [6.07, 6.45) is 0.891. The molecule has 2 aromatic heterocycles. The van der Waals surface area contributed by atoms with Crippen molar-refractivity contribution in [2.24, 2.45) is 11.7 Å². The molecule has 0 bridgehead atoms. The Labute approximate surface area is 123 Å². The Morgan fingerprint density at radius 3 is 2.71 bits per heavy atom. The van der Waals surface area contributed by atoms with Gasteiger partial charge in [-0.2, -0.15) is 4.98 Å². The van der Waals surface area contributed by atoms with E-state index in [9.17, 15) is 0 Å². The molecule has 0 aliphatic heterocycles. The molecular formula is C16H19N5. The summed E-state index contributed by atoms with van der Waals surface area (Å²) >= 11 is 0. The van der Waals surface area contributed by atoms with Gasteiger partial charge in [0, 0.05) is 11.4 Å². The monoisotopic (exact) mass is 281 g/mol. The van der Waals surface area contributed by atoms with Gasteiger partial charge in [0.15, 0.2) is 5.65 Å². The molecule has 0 aliphatic rings. The first-order chi connectivity index (χ1) is 10.3. The molecule has 5 nitrogen and oxygen atoms in total. The fourth-order valence-electron chi connectivity index (χ4n) is 2.26. The number of para-hydroxylation sites is 1. The highest BCUT2D eigenvalue weighted by Crippen LogP contribution is 2.16. The van der Waals surface area contributed by atoms with Crippen LogP contribution < -0.4 is 11.1 Å². The Hall–Kier alpha value is -2.40. The van der Waals surface area contributed by atoms with E-state index in [1.165, 1.54) is 0 Å². The molecule has 21 heavy (non-hydrogen) atoms. The number of aromatic nitrogens is 3. The summed E-state index contributed by atoms with van der Waals surface area (Å²) in [4.78, 5) is 4.51. The van der Waals surface area contributed by atoms with E-state index in [1.54, 1.807) is 0 Å². The predicted octanol–water partition coefficient (Wildman–Crippen LogP) is 2.61. The molecule has 0 fully saturated rings. The Balaban J connectivity index is 1.91. The third-order valence-corrected chi connectivity index (χ3v) is 3.43. The van der Waals surface area contributed by atoms with E-state index in [-0.39, 0.29) is 0 Å². The fourth-order valence-corrected chi connectivity index (χ4v) is 2.26. The number of benzene rings is 1. The molecular weight excluding hydrogens is 262 g/mol. The molecule has 1 aromatic carbocycles. The summed E-state index contributed by atoms with van der Waals surface area (Å²) in [6.45, 7) is 2.80. The summed E-state index contributed by atoms with van der Waals surface area (Å²) < 4.78 is 1.89. The van der Waals surface area contributed by atoms with Crippen LogP contribution in [-0.4, -0.2) is 21.1 Å². The Kier molecular flexibility index (Phi) is 3.83. The Morgan fingerprint density at radius 1 is 1.14 bits per heavy atom. The molecule has 1 atom stereocenters. The lowest BCUT2D eigenvalue weighted by molar-refractivity contribution is 0.575. The molecule has 2 heterocycles. The van der Waals surface area contributed by atoms with Gasteiger partial charge in [-0.1, -0.05) is 31.2 Å². The van der Waals surface area contributed by atoms with Crippen LogP contribution in [0.15, 0.2) is 48.5 Å². The minimum atomic E-state index is 0.422. The highest BCUT2D eigenvalue weighted by atomic mass is 15.4. The van der Waals surface area contributed by atoms with Gasteiger partial charge in [-0.15, -0.1) is 5.10 Å². The van der Waals surface area contributed by atoms with Crippen molar-refractivity contribution in [2.75, 3.05) is 11.9 Å². The third kappa shape index (κ3) is 3.03. The fraction of sp³-hybridized carbons (Fsp3) is 0.250. The number of pyridine rings is 1. The predicted molar refractivity (Wildman–Crippen MR) is 84.6 cm³/mol. The highest BCUT2D eigenvalue weighted by molar-refractivity contribution is 5.55. The van der Waals surface area contributed by atoms with Crippen molar-refractivity contribution in [1.82, 2.24) is 14.6 Å². The molecule has 3 rings (SSSR count). The SMILES string of the molecule is C[C@@H](CN)Cc1cccc2nc(Nc3ccccc3)nn12. The second-order valence-corrected chi connectivity index (χ2v) is 5.26. The summed E-state index contributed by atoms with van der Waals surface area (Å²) in [6, 6.07) is 16.0. The van der Waals surface area contributed by atoms with Crippen molar-refractivity contribution in [2.45, 2.75) is 13.3 Å². The number of fused-ring (bicyclic) bond motifs is 1. The maximum Gasteiger partial charge on any atom is 0.247 e.